The molecule has 1 aliphatic rings. The summed E-state index contributed by atoms with van der Waals surface area (Å²) in [4.78, 5) is 4.33. The van der Waals surface area contributed by atoms with Gasteiger partial charge in [-0.15, -0.1) is 24.0 Å². The Morgan fingerprint density at radius 1 is 1.03 bits per heavy atom. The van der Waals surface area contributed by atoms with Crippen molar-refractivity contribution in [3.63, 3.8) is 0 Å². The predicted molar refractivity (Wildman–Crippen MR) is 128 cm³/mol. The van der Waals surface area contributed by atoms with Crippen molar-refractivity contribution in [2.75, 3.05) is 13.8 Å². The Kier molecular flexibility index (Phi) is 7.20. The Morgan fingerprint density at radius 3 is 2.57 bits per heavy atom. The molecule has 1 aliphatic heterocycles. The fourth-order valence-corrected chi connectivity index (χ4v) is 3.38. The van der Waals surface area contributed by atoms with Crippen LogP contribution in [-0.4, -0.2) is 29.6 Å². The number of guanidine groups is 1. The first-order valence-electron chi connectivity index (χ1n) is 9.58. The van der Waals surface area contributed by atoms with Gasteiger partial charge in [-0.1, -0.05) is 24.3 Å². The van der Waals surface area contributed by atoms with Crippen LogP contribution in [0.25, 0.3) is 5.69 Å². The molecule has 3 aromatic rings. The van der Waals surface area contributed by atoms with Crippen LogP contribution in [-0.2, 0) is 13.1 Å². The number of hydrogen-bond acceptors (Lipinski definition) is 4. The minimum Gasteiger partial charge on any atom is -0.454 e. The molecule has 0 amide bonds. The molecule has 0 spiro atoms. The van der Waals surface area contributed by atoms with Gasteiger partial charge >= 0.3 is 0 Å². The molecule has 2 aromatic carbocycles. The zero-order valence-corrected chi connectivity index (χ0v) is 19.6. The highest BCUT2D eigenvalue weighted by Gasteiger charge is 2.13. The molecule has 0 fully saturated rings. The number of aromatic nitrogens is 2. The Bertz CT molecular complexity index is 1050. The van der Waals surface area contributed by atoms with Gasteiger partial charge in [0, 0.05) is 25.8 Å². The van der Waals surface area contributed by atoms with Gasteiger partial charge in [0.05, 0.1) is 11.4 Å². The normalized spacial score (nSPS) is 12.4. The van der Waals surface area contributed by atoms with E-state index >= 15 is 0 Å². The largest absolute Gasteiger partial charge is 0.454 e. The summed E-state index contributed by atoms with van der Waals surface area (Å²) in [6.45, 7) is 5.62. The van der Waals surface area contributed by atoms with Crippen LogP contribution in [0.15, 0.2) is 53.5 Å². The molecule has 0 saturated heterocycles. The van der Waals surface area contributed by atoms with Crippen molar-refractivity contribution in [1.82, 2.24) is 20.4 Å². The third-order valence-corrected chi connectivity index (χ3v) is 4.80. The van der Waals surface area contributed by atoms with Crippen LogP contribution in [0.1, 0.15) is 22.5 Å². The van der Waals surface area contributed by atoms with Gasteiger partial charge < -0.3 is 20.1 Å². The molecular weight excluding hydrogens is 493 g/mol. The summed E-state index contributed by atoms with van der Waals surface area (Å²) >= 11 is 0. The van der Waals surface area contributed by atoms with E-state index in [1.807, 2.05) is 41.9 Å². The van der Waals surface area contributed by atoms with Crippen molar-refractivity contribution in [2.24, 2.45) is 4.99 Å². The van der Waals surface area contributed by atoms with Crippen molar-refractivity contribution in [3.8, 4) is 17.2 Å². The summed E-state index contributed by atoms with van der Waals surface area (Å²) in [6, 6.07) is 16.3. The number of aliphatic imine (C=N–C) groups is 1. The zero-order valence-electron chi connectivity index (χ0n) is 17.3. The lowest BCUT2D eigenvalue weighted by atomic mass is 10.1. The molecule has 2 heterocycles. The lowest BCUT2D eigenvalue weighted by Gasteiger charge is -2.15. The molecule has 0 atom stereocenters. The van der Waals surface area contributed by atoms with E-state index in [9.17, 15) is 0 Å². The van der Waals surface area contributed by atoms with Gasteiger partial charge in [0.2, 0.25) is 6.79 Å². The predicted octanol–water partition coefficient (Wildman–Crippen LogP) is 3.70. The number of halogens is 1. The summed E-state index contributed by atoms with van der Waals surface area (Å²) in [5.74, 6) is 2.30. The van der Waals surface area contributed by atoms with Gasteiger partial charge in [-0.3, -0.25) is 4.99 Å². The van der Waals surface area contributed by atoms with Crippen LogP contribution in [0.2, 0.25) is 0 Å². The number of benzene rings is 2. The van der Waals surface area contributed by atoms with Crippen molar-refractivity contribution in [3.05, 3.63) is 71.0 Å². The number of para-hydroxylation sites is 1. The summed E-state index contributed by atoms with van der Waals surface area (Å²) in [5, 5.41) is 11.3. The standard InChI is InChI=1S/C22H25N5O2.HI/c1-15-10-16(2)27(26-15)19-7-5-4-6-18(19)13-25-22(23-3)24-12-17-8-9-20-21(11-17)29-14-28-20;/h4-11H,12-14H2,1-3H3,(H2,23,24,25);1H. The minimum atomic E-state index is 0. The maximum Gasteiger partial charge on any atom is 0.231 e. The van der Waals surface area contributed by atoms with Crippen LogP contribution in [0, 0.1) is 13.8 Å². The van der Waals surface area contributed by atoms with Gasteiger partial charge in [-0.2, -0.15) is 5.10 Å². The van der Waals surface area contributed by atoms with E-state index in [-0.39, 0.29) is 30.8 Å². The molecule has 0 bridgehead atoms. The highest BCUT2D eigenvalue weighted by molar-refractivity contribution is 14.0. The van der Waals surface area contributed by atoms with Gasteiger partial charge in [-0.05, 0) is 49.2 Å². The zero-order chi connectivity index (χ0) is 20.2. The van der Waals surface area contributed by atoms with E-state index < -0.39 is 0 Å². The van der Waals surface area contributed by atoms with Gasteiger partial charge in [0.25, 0.3) is 0 Å². The van der Waals surface area contributed by atoms with Crippen LogP contribution < -0.4 is 20.1 Å². The Labute approximate surface area is 193 Å². The fraction of sp³-hybridized carbons (Fsp3) is 0.273. The average molecular weight is 519 g/mol. The molecule has 0 aliphatic carbocycles. The molecule has 0 unspecified atom stereocenters. The first kappa shape index (κ1) is 21.9. The summed E-state index contributed by atoms with van der Waals surface area (Å²) in [6.07, 6.45) is 0. The van der Waals surface area contributed by atoms with Gasteiger partial charge in [0.15, 0.2) is 17.5 Å². The molecule has 4 rings (SSSR count). The molecule has 0 saturated carbocycles. The highest BCUT2D eigenvalue weighted by atomic mass is 127. The Morgan fingerprint density at radius 2 is 1.80 bits per heavy atom. The molecule has 2 N–H and O–H groups in total. The molecule has 158 valence electrons. The van der Waals surface area contributed by atoms with E-state index in [2.05, 4.69) is 45.8 Å². The number of nitrogens with zero attached hydrogens (tertiary/aromatic N) is 3. The molecular formula is C22H26IN5O2. The van der Waals surface area contributed by atoms with E-state index in [1.165, 1.54) is 0 Å². The minimum absolute atomic E-state index is 0. The van der Waals surface area contributed by atoms with Gasteiger partial charge in [-0.25, -0.2) is 4.68 Å². The SMILES string of the molecule is CN=C(NCc1ccc2c(c1)OCO2)NCc1ccccc1-n1nc(C)cc1C.I. The third-order valence-electron chi connectivity index (χ3n) is 4.80. The monoisotopic (exact) mass is 519 g/mol. The van der Waals surface area contributed by atoms with Crippen LogP contribution in [0.5, 0.6) is 11.5 Å². The molecule has 30 heavy (non-hydrogen) atoms. The molecule has 8 heteroatoms. The van der Waals surface area contributed by atoms with Gasteiger partial charge in [0.1, 0.15) is 0 Å². The van der Waals surface area contributed by atoms with Crippen LogP contribution in [0.3, 0.4) is 0 Å². The van der Waals surface area contributed by atoms with E-state index in [1.54, 1.807) is 7.05 Å². The maximum absolute atomic E-state index is 5.44. The second-order valence-corrected chi connectivity index (χ2v) is 6.93. The highest BCUT2D eigenvalue weighted by Crippen LogP contribution is 2.32. The van der Waals surface area contributed by atoms with Crippen LogP contribution in [0.4, 0.5) is 0 Å². The summed E-state index contributed by atoms with van der Waals surface area (Å²) in [7, 11) is 1.77. The number of hydrogen-bond donors (Lipinski definition) is 2. The molecule has 1 aromatic heterocycles. The van der Waals surface area contributed by atoms with E-state index in [0.29, 0.717) is 13.1 Å². The van der Waals surface area contributed by atoms with Crippen molar-refractivity contribution in [2.45, 2.75) is 26.9 Å². The second kappa shape index (κ2) is 9.84. The third kappa shape index (κ3) is 4.86. The topological polar surface area (TPSA) is 72.7 Å². The van der Waals surface area contributed by atoms with Crippen LogP contribution >= 0.6 is 24.0 Å². The van der Waals surface area contributed by atoms with E-state index in [0.717, 1.165) is 45.7 Å². The Balaban J connectivity index is 0.00000256. The number of ether oxygens (including phenoxy) is 2. The maximum atomic E-state index is 5.44. The summed E-state index contributed by atoms with van der Waals surface area (Å²) in [5.41, 5.74) is 5.42. The number of rotatable bonds is 5. The Hall–Kier alpha value is -2.75. The lowest BCUT2D eigenvalue weighted by molar-refractivity contribution is 0.174. The smallest absolute Gasteiger partial charge is 0.231 e. The first-order valence-corrected chi connectivity index (χ1v) is 9.58. The molecule has 0 radical (unpaired) electrons. The number of aryl methyl sites for hydroxylation is 2. The average Bonchev–Trinajstić information content (AvgIpc) is 3.33. The first-order chi connectivity index (χ1) is 14.1. The quantitative estimate of drug-likeness (QED) is 0.306. The van der Waals surface area contributed by atoms with Crippen molar-refractivity contribution >= 4 is 29.9 Å². The van der Waals surface area contributed by atoms with E-state index in [4.69, 9.17) is 9.47 Å². The number of nitrogens with one attached hydrogen (secondary N) is 2. The lowest BCUT2D eigenvalue weighted by Crippen LogP contribution is -2.36. The second-order valence-electron chi connectivity index (χ2n) is 6.93. The fourth-order valence-electron chi connectivity index (χ4n) is 3.38. The van der Waals surface area contributed by atoms with Crippen molar-refractivity contribution < 1.29 is 9.47 Å². The van der Waals surface area contributed by atoms with Crippen molar-refractivity contribution in [1.29, 1.82) is 0 Å². The number of fused-ring (bicyclic) bond motifs is 1. The molecule has 7 nitrogen and oxygen atoms in total. The summed E-state index contributed by atoms with van der Waals surface area (Å²) < 4.78 is 12.8.